The van der Waals surface area contributed by atoms with Crippen LogP contribution in [0.4, 0.5) is 4.79 Å². The molecule has 0 radical (unpaired) electrons. The van der Waals surface area contributed by atoms with Gasteiger partial charge in [-0.2, -0.15) is 0 Å². The maximum absolute atomic E-state index is 11.8. The normalized spacial score (nSPS) is 37.9. The average Bonchev–Trinajstić information content (AvgIpc) is 3.21. The summed E-state index contributed by atoms with van der Waals surface area (Å²) in [5, 5.41) is 31.6. The number of nitrogens with zero attached hydrogens (tertiary/aromatic N) is 1. The van der Waals surface area contributed by atoms with Gasteiger partial charge >= 0.3 is 6.03 Å². The lowest BCUT2D eigenvalue weighted by atomic mass is 10.0. The van der Waals surface area contributed by atoms with Gasteiger partial charge in [-0.05, 0) is 24.3 Å². The molecule has 0 spiro atoms. The van der Waals surface area contributed by atoms with Gasteiger partial charge in [-0.1, -0.05) is 0 Å². The molecule has 0 aromatic carbocycles. The van der Waals surface area contributed by atoms with Gasteiger partial charge < -0.3 is 30.3 Å². The molecule has 0 aromatic heterocycles. The van der Waals surface area contributed by atoms with E-state index < -0.39 is 24.4 Å². The minimum atomic E-state index is -1.11. The summed E-state index contributed by atoms with van der Waals surface area (Å²) in [5.74, 6) is 0.557. The van der Waals surface area contributed by atoms with E-state index in [1.54, 1.807) is 11.1 Å². The molecule has 2 amide bonds. The van der Waals surface area contributed by atoms with E-state index >= 15 is 0 Å². The minimum Gasteiger partial charge on any atom is -0.394 e. The molecule has 4 unspecified atom stereocenters. The molecule has 2 aliphatic heterocycles. The van der Waals surface area contributed by atoms with Crippen molar-refractivity contribution in [3.63, 3.8) is 0 Å². The molecule has 7 nitrogen and oxygen atoms in total. The van der Waals surface area contributed by atoms with Crippen molar-refractivity contribution in [2.24, 2.45) is 5.92 Å². The second-order valence-corrected chi connectivity index (χ2v) is 5.72. The second-order valence-electron chi connectivity index (χ2n) is 5.72. The highest BCUT2D eigenvalue weighted by Gasteiger charge is 2.44. The molecule has 0 aromatic rings. The average molecular weight is 284 g/mol. The smallest absolute Gasteiger partial charge is 0.321 e. The summed E-state index contributed by atoms with van der Waals surface area (Å²) in [7, 11) is 0. The highest BCUT2D eigenvalue weighted by atomic mass is 16.6. The SMILES string of the molecule is O=C1NCC(C2OC(CO)C(O)C2O)=CN1CC1CC1. The van der Waals surface area contributed by atoms with E-state index in [-0.39, 0.29) is 19.2 Å². The number of rotatable bonds is 4. The van der Waals surface area contributed by atoms with Crippen molar-refractivity contribution < 1.29 is 24.9 Å². The van der Waals surface area contributed by atoms with Crippen LogP contribution in [0.2, 0.25) is 0 Å². The fourth-order valence-corrected chi connectivity index (χ4v) is 2.68. The number of ether oxygens (including phenoxy) is 1. The Balaban J connectivity index is 1.73. The van der Waals surface area contributed by atoms with Crippen LogP contribution in [-0.2, 0) is 4.74 Å². The molecule has 1 saturated carbocycles. The Hall–Kier alpha value is -1.15. The Kier molecular flexibility index (Phi) is 3.68. The fourth-order valence-electron chi connectivity index (χ4n) is 2.68. The molecule has 20 heavy (non-hydrogen) atoms. The quantitative estimate of drug-likeness (QED) is 0.519. The van der Waals surface area contributed by atoms with Gasteiger partial charge in [-0.25, -0.2) is 4.79 Å². The Morgan fingerprint density at radius 1 is 1.35 bits per heavy atom. The Bertz CT molecular complexity index is 423. The third-order valence-electron chi connectivity index (χ3n) is 4.09. The number of carbonyl (C=O) groups is 1. The van der Waals surface area contributed by atoms with E-state index in [0.717, 1.165) is 12.8 Å². The summed E-state index contributed by atoms with van der Waals surface area (Å²) in [6.45, 7) is 0.608. The molecule has 7 heteroatoms. The predicted octanol–water partition coefficient (Wildman–Crippen LogP) is -1.21. The maximum Gasteiger partial charge on any atom is 0.321 e. The van der Waals surface area contributed by atoms with Crippen LogP contribution in [0.25, 0.3) is 0 Å². The second kappa shape index (κ2) is 5.33. The molecule has 3 rings (SSSR count). The van der Waals surface area contributed by atoms with Crippen LogP contribution >= 0.6 is 0 Å². The molecular weight excluding hydrogens is 264 g/mol. The zero-order valence-electron chi connectivity index (χ0n) is 11.1. The van der Waals surface area contributed by atoms with Crippen LogP contribution in [0, 0.1) is 5.92 Å². The lowest BCUT2D eigenvalue weighted by molar-refractivity contribution is -0.0145. The summed E-state index contributed by atoms with van der Waals surface area (Å²) < 4.78 is 5.48. The number of hydrogen-bond donors (Lipinski definition) is 4. The first-order valence-electron chi connectivity index (χ1n) is 6.97. The van der Waals surface area contributed by atoms with E-state index in [4.69, 9.17) is 9.84 Å². The van der Waals surface area contributed by atoms with Gasteiger partial charge in [0.2, 0.25) is 0 Å². The summed E-state index contributed by atoms with van der Waals surface area (Å²) in [5.41, 5.74) is 0.716. The first-order valence-corrected chi connectivity index (χ1v) is 6.97. The zero-order valence-corrected chi connectivity index (χ0v) is 11.1. The van der Waals surface area contributed by atoms with Gasteiger partial charge in [0.05, 0.1) is 6.61 Å². The van der Waals surface area contributed by atoms with Crippen molar-refractivity contribution in [3.8, 4) is 0 Å². The number of aliphatic hydroxyl groups is 3. The van der Waals surface area contributed by atoms with E-state index in [1.807, 2.05) is 0 Å². The Labute approximate surface area is 116 Å². The molecule has 1 aliphatic carbocycles. The van der Waals surface area contributed by atoms with Crippen LogP contribution in [0.5, 0.6) is 0 Å². The van der Waals surface area contributed by atoms with Crippen molar-refractivity contribution in [2.45, 2.75) is 37.3 Å². The lowest BCUT2D eigenvalue weighted by Crippen LogP contribution is -2.46. The Morgan fingerprint density at radius 2 is 2.10 bits per heavy atom. The maximum atomic E-state index is 11.8. The van der Waals surface area contributed by atoms with Gasteiger partial charge in [-0.3, -0.25) is 0 Å². The van der Waals surface area contributed by atoms with Crippen LogP contribution in [0.15, 0.2) is 11.8 Å². The molecule has 0 bridgehead atoms. The number of hydrogen-bond acceptors (Lipinski definition) is 5. The minimum absolute atomic E-state index is 0.146. The molecule has 4 N–H and O–H groups in total. The highest BCUT2D eigenvalue weighted by molar-refractivity contribution is 5.77. The largest absolute Gasteiger partial charge is 0.394 e. The van der Waals surface area contributed by atoms with Gasteiger partial charge in [0, 0.05) is 19.3 Å². The molecule has 2 fully saturated rings. The first-order chi connectivity index (χ1) is 9.60. The lowest BCUT2D eigenvalue weighted by Gasteiger charge is -2.29. The van der Waals surface area contributed by atoms with Crippen LogP contribution < -0.4 is 5.32 Å². The standard InChI is InChI=1S/C13H20N2O5/c16-6-9-10(17)11(18)12(20-9)8-3-14-13(19)15(5-8)4-7-1-2-7/h5,7,9-12,16-18H,1-4,6H2,(H,14,19). The molecule has 1 saturated heterocycles. The van der Waals surface area contributed by atoms with Gasteiger partial charge in [0.25, 0.3) is 0 Å². The zero-order chi connectivity index (χ0) is 14.3. The molecule has 2 heterocycles. The van der Waals surface area contributed by atoms with Crippen LogP contribution in [0.1, 0.15) is 12.8 Å². The van der Waals surface area contributed by atoms with Crippen molar-refractivity contribution in [1.82, 2.24) is 10.2 Å². The Morgan fingerprint density at radius 3 is 2.70 bits per heavy atom. The van der Waals surface area contributed by atoms with Gasteiger partial charge in [0.15, 0.2) is 0 Å². The predicted molar refractivity (Wildman–Crippen MR) is 68.7 cm³/mol. The van der Waals surface area contributed by atoms with Crippen molar-refractivity contribution in [3.05, 3.63) is 11.8 Å². The first kappa shape index (κ1) is 13.8. The molecular formula is C13H20N2O5. The monoisotopic (exact) mass is 284 g/mol. The number of amides is 2. The molecule has 4 atom stereocenters. The number of aliphatic hydroxyl groups excluding tert-OH is 3. The van der Waals surface area contributed by atoms with E-state index in [1.165, 1.54) is 0 Å². The molecule has 112 valence electrons. The highest BCUT2D eigenvalue weighted by Crippen LogP contribution is 2.32. The number of carbonyl (C=O) groups excluding carboxylic acids is 1. The summed E-state index contributed by atoms with van der Waals surface area (Å²) >= 11 is 0. The third kappa shape index (κ3) is 2.54. The topological polar surface area (TPSA) is 102 Å². The molecule has 3 aliphatic rings. The number of urea groups is 1. The third-order valence-corrected chi connectivity index (χ3v) is 4.09. The fraction of sp³-hybridized carbons (Fsp3) is 0.769. The summed E-state index contributed by atoms with van der Waals surface area (Å²) in [6, 6.07) is -0.146. The van der Waals surface area contributed by atoms with Crippen molar-refractivity contribution in [2.75, 3.05) is 19.7 Å². The summed E-state index contributed by atoms with van der Waals surface area (Å²) in [6.07, 6.45) is 0.311. The van der Waals surface area contributed by atoms with Crippen LogP contribution in [0.3, 0.4) is 0 Å². The van der Waals surface area contributed by atoms with Crippen LogP contribution in [-0.4, -0.2) is 70.4 Å². The van der Waals surface area contributed by atoms with E-state index in [9.17, 15) is 15.0 Å². The van der Waals surface area contributed by atoms with Crippen molar-refractivity contribution >= 4 is 6.03 Å². The van der Waals surface area contributed by atoms with Gasteiger partial charge in [-0.15, -0.1) is 0 Å². The van der Waals surface area contributed by atoms with Gasteiger partial charge in [0.1, 0.15) is 24.4 Å². The van der Waals surface area contributed by atoms with E-state index in [0.29, 0.717) is 18.0 Å². The van der Waals surface area contributed by atoms with Crippen molar-refractivity contribution in [1.29, 1.82) is 0 Å². The van der Waals surface area contributed by atoms with E-state index in [2.05, 4.69) is 5.32 Å². The summed E-state index contributed by atoms with van der Waals surface area (Å²) in [4.78, 5) is 13.4. The number of nitrogens with one attached hydrogen (secondary N) is 1.